The van der Waals surface area contributed by atoms with Crippen molar-refractivity contribution < 1.29 is 0 Å². The van der Waals surface area contributed by atoms with Crippen molar-refractivity contribution in [2.24, 2.45) is 0 Å². The average Bonchev–Trinajstić information content (AvgIpc) is 2.98. The molecule has 1 N–H and O–H groups in total. The maximum absolute atomic E-state index is 4.80. The Morgan fingerprint density at radius 3 is 3.00 bits per heavy atom. The largest absolute Gasteiger partial charge is 0.316 e. The van der Waals surface area contributed by atoms with E-state index in [1.54, 1.807) is 0 Å². The van der Waals surface area contributed by atoms with Gasteiger partial charge in [-0.3, -0.25) is 9.55 Å². The summed E-state index contributed by atoms with van der Waals surface area (Å²) in [5, 5.41) is 3.43. The van der Waals surface area contributed by atoms with E-state index in [-0.39, 0.29) is 0 Å². The van der Waals surface area contributed by atoms with E-state index in [0.717, 1.165) is 30.4 Å². The highest BCUT2D eigenvalue weighted by Gasteiger charge is 2.18. The lowest BCUT2D eigenvalue weighted by atomic mass is 9.96. The fraction of sp³-hybridized carbons (Fsp3) is 0.533. The Hall–Kier alpha value is -1.75. The number of nitrogens with zero attached hydrogens (tertiary/aromatic N) is 4. The smallest absolute Gasteiger partial charge is 0.156 e. The van der Waals surface area contributed by atoms with Gasteiger partial charge >= 0.3 is 0 Å². The number of hydrogen-bond acceptors (Lipinski definition) is 4. The third-order valence-corrected chi connectivity index (χ3v) is 3.79. The summed E-state index contributed by atoms with van der Waals surface area (Å²) >= 11 is 0. The Morgan fingerprint density at radius 2 is 2.25 bits per heavy atom. The van der Waals surface area contributed by atoms with Crippen LogP contribution in [0.5, 0.6) is 0 Å². The summed E-state index contributed by atoms with van der Waals surface area (Å²) in [6, 6.07) is 0. The number of piperidine rings is 1. The first-order valence-corrected chi connectivity index (χ1v) is 7.32. The van der Waals surface area contributed by atoms with Gasteiger partial charge in [-0.1, -0.05) is 13.8 Å². The van der Waals surface area contributed by atoms with Crippen molar-refractivity contribution in [1.29, 1.82) is 0 Å². The van der Waals surface area contributed by atoms with Gasteiger partial charge < -0.3 is 5.32 Å². The molecule has 0 amide bonds. The molecular formula is C15H21N5. The van der Waals surface area contributed by atoms with Crippen LogP contribution in [0.2, 0.25) is 0 Å². The van der Waals surface area contributed by atoms with E-state index in [4.69, 9.17) is 4.98 Å². The summed E-state index contributed by atoms with van der Waals surface area (Å²) in [5.41, 5.74) is 1.08. The molecular weight excluding hydrogens is 250 g/mol. The van der Waals surface area contributed by atoms with Gasteiger partial charge in [-0.15, -0.1) is 0 Å². The van der Waals surface area contributed by atoms with Crippen LogP contribution in [0.4, 0.5) is 0 Å². The monoisotopic (exact) mass is 271 g/mol. The van der Waals surface area contributed by atoms with Crippen molar-refractivity contribution in [1.82, 2.24) is 24.8 Å². The van der Waals surface area contributed by atoms with Gasteiger partial charge in [-0.2, -0.15) is 0 Å². The summed E-state index contributed by atoms with van der Waals surface area (Å²) in [5.74, 6) is 2.74. The van der Waals surface area contributed by atoms with Crippen LogP contribution in [0, 0.1) is 0 Å². The molecule has 5 heteroatoms. The zero-order valence-corrected chi connectivity index (χ0v) is 12.1. The summed E-state index contributed by atoms with van der Waals surface area (Å²) < 4.78 is 2.04. The highest BCUT2D eigenvalue weighted by Crippen LogP contribution is 2.22. The molecule has 0 saturated carbocycles. The van der Waals surface area contributed by atoms with Gasteiger partial charge in [0.1, 0.15) is 5.82 Å². The molecule has 0 aliphatic carbocycles. The quantitative estimate of drug-likeness (QED) is 0.930. The van der Waals surface area contributed by atoms with E-state index in [0.29, 0.717) is 11.8 Å². The number of nitrogens with one attached hydrogen (secondary N) is 1. The van der Waals surface area contributed by atoms with Gasteiger partial charge in [0.15, 0.2) is 5.82 Å². The van der Waals surface area contributed by atoms with Gasteiger partial charge in [0, 0.05) is 37.0 Å². The average molecular weight is 271 g/mol. The van der Waals surface area contributed by atoms with Crippen LogP contribution in [0.15, 0.2) is 24.8 Å². The third kappa shape index (κ3) is 2.58. The molecule has 1 aliphatic rings. The molecule has 1 atom stereocenters. The lowest BCUT2D eigenvalue weighted by molar-refractivity contribution is 0.453. The molecule has 1 unspecified atom stereocenters. The zero-order valence-electron chi connectivity index (χ0n) is 12.1. The van der Waals surface area contributed by atoms with E-state index < -0.39 is 0 Å². The standard InChI is InChI=1S/C15H21N5/c1-11(2)15-18-6-7-20(15)14-10-17-9-13(19-14)12-4-3-5-16-8-12/h6-7,9-12,16H,3-5,8H2,1-2H3. The van der Waals surface area contributed by atoms with Crippen LogP contribution in [0.25, 0.3) is 5.82 Å². The topological polar surface area (TPSA) is 55.6 Å². The minimum Gasteiger partial charge on any atom is -0.316 e. The molecule has 2 aromatic rings. The van der Waals surface area contributed by atoms with Crippen molar-refractivity contribution in [3.63, 3.8) is 0 Å². The summed E-state index contributed by atoms with van der Waals surface area (Å²) in [6.45, 7) is 6.39. The molecule has 3 rings (SSSR count). The SMILES string of the molecule is CC(C)c1nccn1-c1cncc(C2CCCNC2)n1. The molecule has 1 saturated heterocycles. The maximum atomic E-state index is 4.80. The first kappa shape index (κ1) is 13.2. The molecule has 0 spiro atoms. The summed E-state index contributed by atoms with van der Waals surface area (Å²) in [7, 11) is 0. The predicted octanol–water partition coefficient (Wildman–Crippen LogP) is 2.25. The van der Waals surface area contributed by atoms with Gasteiger partial charge in [0.05, 0.1) is 11.9 Å². The van der Waals surface area contributed by atoms with Crippen LogP contribution in [0.3, 0.4) is 0 Å². The fourth-order valence-corrected chi connectivity index (χ4v) is 2.72. The van der Waals surface area contributed by atoms with Gasteiger partial charge in [0.2, 0.25) is 0 Å². The second-order valence-corrected chi connectivity index (χ2v) is 5.66. The van der Waals surface area contributed by atoms with Crippen molar-refractivity contribution >= 4 is 0 Å². The zero-order chi connectivity index (χ0) is 13.9. The van der Waals surface area contributed by atoms with Crippen LogP contribution in [-0.2, 0) is 0 Å². The Morgan fingerprint density at radius 1 is 1.35 bits per heavy atom. The normalized spacial score (nSPS) is 19.4. The Balaban J connectivity index is 1.92. The van der Waals surface area contributed by atoms with Crippen LogP contribution in [-0.4, -0.2) is 32.6 Å². The van der Waals surface area contributed by atoms with Crippen molar-refractivity contribution in [3.8, 4) is 5.82 Å². The highest BCUT2D eigenvalue weighted by atomic mass is 15.1. The second-order valence-electron chi connectivity index (χ2n) is 5.66. The number of rotatable bonds is 3. The van der Waals surface area contributed by atoms with Gasteiger partial charge in [-0.05, 0) is 19.4 Å². The third-order valence-electron chi connectivity index (χ3n) is 3.79. The Labute approximate surface area is 119 Å². The number of hydrogen-bond donors (Lipinski definition) is 1. The minimum absolute atomic E-state index is 0.367. The molecule has 1 aliphatic heterocycles. The first-order chi connectivity index (χ1) is 9.75. The van der Waals surface area contributed by atoms with Gasteiger partial charge in [0.25, 0.3) is 0 Å². The molecule has 0 aromatic carbocycles. The van der Waals surface area contributed by atoms with E-state index >= 15 is 0 Å². The molecule has 3 heterocycles. The molecule has 1 fully saturated rings. The minimum atomic E-state index is 0.367. The van der Waals surface area contributed by atoms with Crippen LogP contribution >= 0.6 is 0 Å². The maximum Gasteiger partial charge on any atom is 0.156 e. The van der Waals surface area contributed by atoms with E-state index in [1.165, 1.54) is 12.8 Å². The molecule has 20 heavy (non-hydrogen) atoms. The predicted molar refractivity (Wildman–Crippen MR) is 78.1 cm³/mol. The van der Waals surface area contributed by atoms with Crippen molar-refractivity contribution in [2.45, 2.75) is 38.5 Å². The second kappa shape index (κ2) is 5.71. The molecule has 5 nitrogen and oxygen atoms in total. The van der Waals surface area contributed by atoms with Crippen molar-refractivity contribution in [2.75, 3.05) is 13.1 Å². The lowest BCUT2D eigenvalue weighted by Crippen LogP contribution is -2.29. The molecule has 0 bridgehead atoms. The summed E-state index contributed by atoms with van der Waals surface area (Å²) in [4.78, 5) is 13.6. The summed E-state index contributed by atoms with van der Waals surface area (Å²) in [6.07, 6.45) is 9.89. The first-order valence-electron chi connectivity index (χ1n) is 7.32. The van der Waals surface area contributed by atoms with Crippen LogP contribution in [0.1, 0.15) is 50.0 Å². The van der Waals surface area contributed by atoms with Crippen molar-refractivity contribution in [3.05, 3.63) is 36.3 Å². The Kier molecular flexibility index (Phi) is 3.78. The Bertz CT molecular complexity index is 569. The van der Waals surface area contributed by atoms with Gasteiger partial charge in [-0.25, -0.2) is 9.97 Å². The van der Waals surface area contributed by atoms with Crippen LogP contribution < -0.4 is 5.32 Å². The number of imidazole rings is 1. The fourth-order valence-electron chi connectivity index (χ4n) is 2.72. The molecule has 0 radical (unpaired) electrons. The van der Waals surface area contributed by atoms with E-state index in [2.05, 4.69) is 29.1 Å². The highest BCUT2D eigenvalue weighted by molar-refractivity contribution is 5.25. The van der Waals surface area contributed by atoms with E-state index in [9.17, 15) is 0 Å². The molecule has 2 aromatic heterocycles. The number of aromatic nitrogens is 4. The molecule has 106 valence electrons. The van der Waals surface area contributed by atoms with E-state index in [1.807, 2.05) is 29.4 Å². The lowest BCUT2D eigenvalue weighted by Gasteiger charge is -2.22.